The lowest BCUT2D eigenvalue weighted by atomic mass is 9.98. The lowest BCUT2D eigenvalue weighted by Crippen LogP contribution is -2.33. The molecule has 20 heavy (non-hydrogen) atoms. The third kappa shape index (κ3) is 4.88. The lowest BCUT2D eigenvalue weighted by Gasteiger charge is -2.19. The van der Waals surface area contributed by atoms with Gasteiger partial charge >= 0.3 is 0 Å². The van der Waals surface area contributed by atoms with Gasteiger partial charge in [-0.25, -0.2) is 13.1 Å². The van der Waals surface area contributed by atoms with Crippen molar-refractivity contribution in [2.75, 3.05) is 13.1 Å². The van der Waals surface area contributed by atoms with Crippen LogP contribution in [0.5, 0.6) is 0 Å². The summed E-state index contributed by atoms with van der Waals surface area (Å²) in [6.07, 6.45) is 0.994. The van der Waals surface area contributed by atoms with E-state index in [4.69, 9.17) is 0 Å². The lowest BCUT2D eigenvalue weighted by molar-refractivity contribution is 0.407. The Balaban J connectivity index is 2.90. The molecule has 3 N–H and O–H groups in total. The monoisotopic (exact) mass is 302 g/mol. The molecule has 0 radical (unpaired) electrons. The summed E-state index contributed by atoms with van der Waals surface area (Å²) in [4.78, 5) is 0.269. The van der Waals surface area contributed by atoms with Crippen LogP contribution >= 0.6 is 0 Å². The zero-order valence-electron chi connectivity index (χ0n) is 13.0. The molecule has 0 aliphatic heterocycles. The predicted molar refractivity (Wildman–Crippen MR) is 80.0 cm³/mol. The number of nitrogens with zero attached hydrogens (tertiary/aromatic N) is 1. The maximum atomic E-state index is 12.4. The van der Waals surface area contributed by atoms with Crippen LogP contribution in [-0.4, -0.2) is 31.7 Å². The van der Waals surface area contributed by atoms with Gasteiger partial charge in [-0.15, -0.1) is 0 Å². The molecule has 0 saturated heterocycles. The summed E-state index contributed by atoms with van der Waals surface area (Å²) in [6, 6.07) is 0. The van der Waals surface area contributed by atoms with Crippen LogP contribution in [0.3, 0.4) is 0 Å². The normalized spacial score (nSPS) is 12.8. The van der Waals surface area contributed by atoms with Crippen molar-refractivity contribution in [1.29, 1.82) is 0 Å². The molecule has 1 heterocycles. The summed E-state index contributed by atoms with van der Waals surface area (Å²) in [5, 5.41) is 10.0. The van der Waals surface area contributed by atoms with Crippen molar-refractivity contribution < 1.29 is 8.42 Å². The Morgan fingerprint density at radius 1 is 1.30 bits per heavy atom. The number of aromatic nitrogens is 2. The van der Waals surface area contributed by atoms with Gasteiger partial charge in [-0.05, 0) is 25.3 Å². The zero-order chi connectivity index (χ0) is 15.4. The second kappa shape index (κ2) is 6.69. The van der Waals surface area contributed by atoms with Gasteiger partial charge in [0.2, 0.25) is 10.0 Å². The van der Waals surface area contributed by atoms with Crippen LogP contribution in [0.2, 0.25) is 0 Å². The average molecular weight is 302 g/mol. The van der Waals surface area contributed by atoms with E-state index in [9.17, 15) is 8.42 Å². The van der Waals surface area contributed by atoms with Crippen LogP contribution in [0.4, 0.5) is 0 Å². The molecule has 1 aromatic rings. The van der Waals surface area contributed by atoms with Crippen molar-refractivity contribution in [3.05, 3.63) is 11.4 Å². The minimum atomic E-state index is -3.53. The first-order valence-corrected chi connectivity index (χ1v) is 8.40. The molecule has 7 heteroatoms. The predicted octanol–water partition coefficient (Wildman–Crippen LogP) is 1.54. The van der Waals surface area contributed by atoms with E-state index in [-0.39, 0.29) is 10.3 Å². The van der Waals surface area contributed by atoms with E-state index in [1.54, 1.807) is 6.92 Å². The minimum absolute atomic E-state index is 0.106. The topological polar surface area (TPSA) is 86.9 Å². The standard InChI is InChI=1S/C13H26N4O2S/c1-6-7-14-8-11-12(10(2)16-17-11)20(18,19)15-9-13(3,4)5/h14-15H,6-9H2,1-5H3,(H,16,17). The number of nitrogens with one attached hydrogen (secondary N) is 3. The number of rotatable bonds is 7. The molecular weight excluding hydrogens is 276 g/mol. The Labute approximate surface area is 121 Å². The van der Waals surface area contributed by atoms with Crippen molar-refractivity contribution in [1.82, 2.24) is 20.2 Å². The summed E-state index contributed by atoms with van der Waals surface area (Å²) in [5.41, 5.74) is 1.00. The van der Waals surface area contributed by atoms with Gasteiger partial charge in [0.15, 0.2) is 0 Å². The van der Waals surface area contributed by atoms with Crippen LogP contribution in [0.15, 0.2) is 4.90 Å². The molecule has 6 nitrogen and oxygen atoms in total. The van der Waals surface area contributed by atoms with Crippen molar-refractivity contribution in [3.63, 3.8) is 0 Å². The molecule has 0 bridgehead atoms. The van der Waals surface area contributed by atoms with Crippen LogP contribution < -0.4 is 10.0 Å². The molecule has 116 valence electrons. The fourth-order valence-corrected chi connectivity index (χ4v) is 3.36. The highest BCUT2D eigenvalue weighted by atomic mass is 32.2. The first-order valence-electron chi connectivity index (χ1n) is 6.91. The molecule has 0 atom stereocenters. The van der Waals surface area contributed by atoms with Crippen LogP contribution in [0.1, 0.15) is 45.5 Å². The average Bonchev–Trinajstić information content (AvgIpc) is 2.69. The second-order valence-corrected chi connectivity index (χ2v) is 7.89. The third-order valence-corrected chi connectivity index (χ3v) is 4.35. The van der Waals surface area contributed by atoms with Gasteiger partial charge in [0.1, 0.15) is 4.90 Å². The molecule has 0 aliphatic carbocycles. The third-order valence-electron chi connectivity index (χ3n) is 2.74. The second-order valence-electron chi connectivity index (χ2n) is 6.19. The Morgan fingerprint density at radius 2 is 1.95 bits per heavy atom. The first kappa shape index (κ1) is 17.1. The molecule has 1 rings (SSSR count). The molecule has 0 spiro atoms. The molecule has 0 aromatic carbocycles. The molecule has 1 aromatic heterocycles. The van der Waals surface area contributed by atoms with Crippen molar-refractivity contribution in [2.24, 2.45) is 5.41 Å². The Bertz CT molecular complexity index is 529. The van der Waals surface area contributed by atoms with E-state index in [0.29, 0.717) is 24.5 Å². The Hall–Kier alpha value is -0.920. The van der Waals surface area contributed by atoms with E-state index in [1.807, 2.05) is 20.8 Å². The van der Waals surface area contributed by atoms with E-state index in [2.05, 4.69) is 27.2 Å². The highest BCUT2D eigenvalue weighted by Gasteiger charge is 2.25. The highest BCUT2D eigenvalue weighted by molar-refractivity contribution is 7.89. The molecule has 0 fully saturated rings. The van der Waals surface area contributed by atoms with Crippen molar-refractivity contribution in [3.8, 4) is 0 Å². The van der Waals surface area contributed by atoms with Crippen LogP contribution in [-0.2, 0) is 16.6 Å². The number of H-pyrrole nitrogens is 1. The van der Waals surface area contributed by atoms with E-state index < -0.39 is 10.0 Å². The maximum absolute atomic E-state index is 12.4. The number of hydrogen-bond donors (Lipinski definition) is 3. The summed E-state index contributed by atoms with van der Waals surface area (Å²) in [5.74, 6) is 0. The smallest absolute Gasteiger partial charge is 0.244 e. The summed E-state index contributed by atoms with van der Waals surface area (Å²) >= 11 is 0. The van der Waals surface area contributed by atoms with Crippen molar-refractivity contribution in [2.45, 2.75) is 52.5 Å². The quantitative estimate of drug-likeness (QED) is 0.667. The Kier molecular flexibility index (Phi) is 5.73. The van der Waals surface area contributed by atoms with Gasteiger partial charge < -0.3 is 5.32 Å². The SMILES string of the molecule is CCCNCc1n[nH]c(C)c1S(=O)(=O)NCC(C)(C)C. The molecule has 0 aliphatic rings. The van der Waals surface area contributed by atoms with E-state index in [0.717, 1.165) is 13.0 Å². The molecule has 0 saturated carbocycles. The number of hydrogen-bond acceptors (Lipinski definition) is 4. The largest absolute Gasteiger partial charge is 0.311 e. The van der Waals surface area contributed by atoms with Gasteiger partial charge in [-0.3, -0.25) is 5.10 Å². The first-order chi connectivity index (χ1) is 9.17. The van der Waals surface area contributed by atoms with Gasteiger partial charge in [0, 0.05) is 13.1 Å². The molecule has 0 unspecified atom stereocenters. The van der Waals surface area contributed by atoms with Gasteiger partial charge in [0.05, 0.1) is 11.4 Å². The van der Waals surface area contributed by atoms with Crippen LogP contribution in [0.25, 0.3) is 0 Å². The highest BCUT2D eigenvalue weighted by Crippen LogP contribution is 2.19. The fourth-order valence-electron chi connectivity index (χ4n) is 1.71. The zero-order valence-corrected chi connectivity index (χ0v) is 13.8. The number of sulfonamides is 1. The number of aryl methyl sites for hydroxylation is 1. The van der Waals surface area contributed by atoms with Gasteiger partial charge in [-0.2, -0.15) is 5.10 Å². The van der Waals surface area contributed by atoms with E-state index >= 15 is 0 Å². The summed E-state index contributed by atoms with van der Waals surface area (Å²) in [7, 11) is -3.53. The van der Waals surface area contributed by atoms with E-state index in [1.165, 1.54) is 0 Å². The summed E-state index contributed by atoms with van der Waals surface area (Å²) < 4.78 is 27.5. The van der Waals surface area contributed by atoms with Gasteiger partial charge in [-0.1, -0.05) is 27.7 Å². The molecular formula is C13H26N4O2S. The fraction of sp³-hybridized carbons (Fsp3) is 0.769. The Morgan fingerprint density at radius 3 is 2.50 bits per heavy atom. The minimum Gasteiger partial charge on any atom is -0.311 e. The maximum Gasteiger partial charge on any atom is 0.244 e. The summed E-state index contributed by atoms with van der Waals surface area (Å²) in [6.45, 7) is 11.4. The molecule has 0 amide bonds. The van der Waals surface area contributed by atoms with Crippen LogP contribution in [0, 0.1) is 12.3 Å². The number of aromatic amines is 1. The van der Waals surface area contributed by atoms with Crippen molar-refractivity contribution >= 4 is 10.0 Å². The van der Waals surface area contributed by atoms with Gasteiger partial charge in [0.25, 0.3) is 0 Å².